The number of rotatable bonds is 4. The Morgan fingerprint density at radius 2 is 2.00 bits per heavy atom. The molecule has 0 bridgehead atoms. The first kappa shape index (κ1) is 13.3. The molecule has 0 atom stereocenters. The third-order valence-electron chi connectivity index (χ3n) is 2.43. The van der Waals surface area contributed by atoms with Crippen LogP contribution in [0.15, 0.2) is 18.2 Å². The molecule has 0 unspecified atom stereocenters. The van der Waals surface area contributed by atoms with E-state index < -0.39 is 30.2 Å². The molecule has 0 radical (unpaired) electrons. The first-order valence-electron chi connectivity index (χ1n) is 5.73. The third-order valence-corrected chi connectivity index (χ3v) is 2.43. The maximum absolute atomic E-state index is 12.8. The molecule has 2 rings (SSSR count). The largest absolute Gasteiger partial charge is 0.484 e. The second-order valence-electron chi connectivity index (χ2n) is 4.16. The number of benzene rings is 1. The molecular weight excluding hydrogens is 258 g/mol. The average Bonchev–Trinajstić information content (AvgIpc) is 3.14. The number of halogens is 2. The van der Waals surface area contributed by atoms with Gasteiger partial charge in [0.2, 0.25) is 0 Å². The number of hydrogen-bond acceptors (Lipinski definition) is 3. The predicted octanol–water partition coefficient (Wildman–Crippen LogP) is 1.33. The Morgan fingerprint density at radius 3 is 2.63 bits per heavy atom. The summed E-state index contributed by atoms with van der Waals surface area (Å²) in [6.07, 6.45) is 1.82. The van der Waals surface area contributed by atoms with Crippen LogP contribution >= 0.6 is 0 Å². The average molecular weight is 270 g/mol. The Bertz CT molecular complexity index is 504. The summed E-state index contributed by atoms with van der Waals surface area (Å²) in [6.45, 7) is -0.455. The van der Waals surface area contributed by atoms with Gasteiger partial charge >= 0.3 is 6.03 Å². The van der Waals surface area contributed by atoms with Crippen molar-refractivity contribution in [1.82, 2.24) is 10.6 Å². The molecule has 0 aliphatic heterocycles. The van der Waals surface area contributed by atoms with Gasteiger partial charge in [0.1, 0.15) is 5.75 Å². The zero-order valence-corrected chi connectivity index (χ0v) is 9.91. The van der Waals surface area contributed by atoms with Crippen molar-refractivity contribution in [2.75, 3.05) is 6.61 Å². The molecule has 1 aliphatic carbocycles. The summed E-state index contributed by atoms with van der Waals surface area (Å²) in [5.41, 5.74) is 0. The van der Waals surface area contributed by atoms with Gasteiger partial charge in [-0.1, -0.05) is 0 Å². The van der Waals surface area contributed by atoms with Crippen molar-refractivity contribution in [3.63, 3.8) is 0 Å². The van der Waals surface area contributed by atoms with E-state index in [0.717, 1.165) is 25.0 Å². The normalized spacial score (nSPS) is 13.8. The Labute approximate surface area is 107 Å². The van der Waals surface area contributed by atoms with Crippen molar-refractivity contribution in [2.24, 2.45) is 0 Å². The molecule has 0 aromatic heterocycles. The van der Waals surface area contributed by atoms with E-state index in [9.17, 15) is 18.4 Å². The van der Waals surface area contributed by atoms with Crippen molar-refractivity contribution in [2.45, 2.75) is 18.9 Å². The van der Waals surface area contributed by atoms with Crippen LogP contribution in [0.1, 0.15) is 12.8 Å². The second kappa shape index (κ2) is 5.64. The number of nitrogens with one attached hydrogen (secondary N) is 2. The van der Waals surface area contributed by atoms with Crippen LogP contribution in [0.2, 0.25) is 0 Å². The highest BCUT2D eigenvalue weighted by Gasteiger charge is 2.23. The van der Waals surface area contributed by atoms with Gasteiger partial charge in [0.05, 0.1) is 0 Å². The number of ether oxygens (including phenoxy) is 1. The molecule has 1 saturated carbocycles. The van der Waals surface area contributed by atoms with Crippen LogP contribution in [-0.2, 0) is 4.79 Å². The van der Waals surface area contributed by atoms with Gasteiger partial charge in [-0.2, -0.15) is 0 Å². The lowest BCUT2D eigenvalue weighted by Crippen LogP contribution is -2.42. The van der Waals surface area contributed by atoms with Gasteiger partial charge in [-0.3, -0.25) is 10.1 Å². The molecular formula is C12H12F2N2O3. The summed E-state index contributed by atoms with van der Waals surface area (Å²) in [4.78, 5) is 22.5. The number of carbonyl (C=O) groups is 2. The fraction of sp³-hybridized carbons (Fsp3) is 0.333. The van der Waals surface area contributed by atoms with Gasteiger partial charge < -0.3 is 10.1 Å². The number of hydrogen-bond donors (Lipinski definition) is 2. The van der Waals surface area contributed by atoms with E-state index >= 15 is 0 Å². The first-order valence-corrected chi connectivity index (χ1v) is 5.73. The van der Waals surface area contributed by atoms with E-state index in [2.05, 4.69) is 10.6 Å². The number of amides is 3. The maximum Gasteiger partial charge on any atom is 0.321 e. The highest BCUT2D eigenvalue weighted by molar-refractivity contribution is 5.95. The molecule has 0 heterocycles. The third kappa shape index (κ3) is 4.20. The van der Waals surface area contributed by atoms with Crippen LogP contribution in [0.4, 0.5) is 13.6 Å². The molecule has 102 valence electrons. The van der Waals surface area contributed by atoms with E-state index in [-0.39, 0.29) is 11.8 Å². The summed E-state index contributed by atoms with van der Waals surface area (Å²) >= 11 is 0. The first-order chi connectivity index (χ1) is 9.04. The Kier molecular flexibility index (Phi) is 3.94. The SMILES string of the molecule is O=C(COc1ccc(F)c(F)c1)NC(=O)NC1CC1. The highest BCUT2D eigenvalue weighted by Crippen LogP contribution is 2.18. The fourth-order valence-corrected chi connectivity index (χ4v) is 1.33. The molecule has 7 heteroatoms. The molecule has 1 aliphatic rings. The summed E-state index contributed by atoms with van der Waals surface area (Å²) in [6, 6.07) is 2.46. The van der Waals surface area contributed by atoms with Crippen LogP contribution in [0, 0.1) is 11.6 Å². The van der Waals surface area contributed by atoms with Crippen molar-refractivity contribution >= 4 is 11.9 Å². The Morgan fingerprint density at radius 1 is 1.26 bits per heavy atom. The minimum absolute atomic E-state index is 0.0108. The predicted molar refractivity (Wildman–Crippen MR) is 61.5 cm³/mol. The van der Waals surface area contributed by atoms with E-state index in [1.807, 2.05) is 0 Å². The van der Waals surface area contributed by atoms with Gasteiger partial charge in [0.15, 0.2) is 18.2 Å². The van der Waals surface area contributed by atoms with Gasteiger partial charge in [0.25, 0.3) is 5.91 Å². The molecule has 0 saturated heterocycles. The highest BCUT2D eigenvalue weighted by atomic mass is 19.2. The standard InChI is InChI=1S/C12H12F2N2O3/c13-9-4-3-8(5-10(9)14)19-6-11(17)16-12(18)15-7-1-2-7/h3-5,7H,1-2,6H2,(H2,15,16,17,18). The molecule has 0 spiro atoms. The Balaban J connectivity index is 1.75. The van der Waals surface area contributed by atoms with E-state index in [0.29, 0.717) is 0 Å². The minimum Gasteiger partial charge on any atom is -0.484 e. The lowest BCUT2D eigenvalue weighted by atomic mass is 10.3. The smallest absolute Gasteiger partial charge is 0.321 e. The second-order valence-corrected chi connectivity index (χ2v) is 4.16. The van der Waals surface area contributed by atoms with Crippen LogP contribution in [0.5, 0.6) is 5.75 Å². The van der Waals surface area contributed by atoms with E-state index in [1.54, 1.807) is 0 Å². The zero-order chi connectivity index (χ0) is 13.8. The lowest BCUT2D eigenvalue weighted by Gasteiger charge is -2.07. The topological polar surface area (TPSA) is 67.4 Å². The van der Waals surface area contributed by atoms with Crippen molar-refractivity contribution < 1.29 is 23.1 Å². The van der Waals surface area contributed by atoms with Crippen LogP contribution in [-0.4, -0.2) is 24.6 Å². The van der Waals surface area contributed by atoms with Crippen molar-refractivity contribution in [3.8, 4) is 5.75 Å². The van der Waals surface area contributed by atoms with E-state index in [4.69, 9.17) is 4.74 Å². The zero-order valence-electron chi connectivity index (χ0n) is 9.91. The number of imide groups is 1. The van der Waals surface area contributed by atoms with Gasteiger partial charge in [-0.25, -0.2) is 13.6 Å². The molecule has 19 heavy (non-hydrogen) atoms. The van der Waals surface area contributed by atoms with Gasteiger partial charge in [-0.15, -0.1) is 0 Å². The van der Waals surface area contributed by atoms with E-state index in [1.165, 1.54) is 6.07 Å². The molecule has 3 amide bonds. The monoisotopic (exact) mass is 270 g/mol. The molecule has 2 N–H and O–H groups in total. The number of carbonyl (C=O) groups excluding carboxylic acids is 2. The molecule has 1 aromatic rings. The summed E-state index contributed by atoms with van der Waals surface area (Å²) < 4.78 is 30.4. The summed E-state index contributed by atoms with van der Waals surface area (Å²) in [5, 5.41) is 4.63. The van der Waals surface area contributed by atoms with Gasteiger partial charge in [0, 0.05) is 12.1 Å². The molecule has 1 fully saturated rings. The number of urea groups is 1. The maximum atomic E-state index is 12.8. The molecule has 1 aromatic carbocycles. The van der Waals surface area contributed by atoms with Crippen molar-refractivity contribution in [3.05, 3.63) is 29.8 Å². The molecule has 5 nitrogen and oxygen atoms in total. The fourth-order valence-electron chi connectivity index (χ4n) is 1.33. The quantitative estimate of drug-likeness (QED) is 0.867. The van der Waals surface area contributed by atoms with Crippen molar-refractivity contribution in [1.29, 1.82) is 0 Å². The Hall–Kier alpha value is -2.18. The lowest BCUT2D eigenvalue weighted by molar-refractivity contribution is -0.122. The summed E-state index contributed by atoms with van der Waals surface area (Å²) in [7, 11) is 0. The van der Waals surface area contributed by atoms with Crippen LogP contribution in [0.3, 0.4) is 0 Å². The van der Waals surface area contributed by atoms with Gasteiger partial charge in [-0.05, 0) is 25.0 Å². The summed E-state index contributed by atoms with van der Waals surface area (Å²) in [5.74, 6) is -2.72. The van der Waals surface area contributed by atoms with Crippen LogP contribution in [0.25, 0.3) is 0 Å². The minimum atomic E-state index is -1.07. The van der Waals surface area contributed by atoms with Crippen LogP contribution < -0.4 is 15.4 Å².